The van der Waals surface area contributed by atoms with E-state index < -0.39 is 5.92 Å². The number of aliphatic hydroxyl groups is 1. The van der Waals surface area contributed by atoms with Gasteiger partial charge in [-0.3, -0.25) is 4.90 Å². The molecule has 1 heterocycles. The van der Waals surface area contributed by atoms with E-state index in [1.54, 1.807) is 23.1 Å². The van der Waals surface area contributed by atoms with Gasteiger partial charge < -0.3 is 5.11 Å². The number of halogens is 2. The minimum absolute atomic E-state index is 0.0368. The van der Waals surface area contributed by atoms with Crippen LogP contribution in [0.1, 0.15) is 18.4 Å². The molecule has 0 aliphatic carbocycles. The molecular weight excluding hydrogens is 224 g/mol. The molecule has 94 valence electrons. The van der Waals surface area contributed by atoms with Crippen LogP contribution >= 0.6 is 0 Å². The van der Waals surface area contributed by atoms with Crippen molar-refractivity contribution in [2.75, 3.05) is 19.7 Å². The topological polar surface area (TPSA) is 23.5 Å². The van der Waals surface area contributed by atoms with Crippen molar-refractivity contribution in [3.63, 3.8) is 0 Å². The highest BCUT2D eigenvalue weighted by Gasteiger charge is 2.37. The second-order valence-corrected chi connectivity index (χ2v) is 4.52. The van der Waals surface area contributed by atoms with E-state index in [-0.39, 0.29) is 24.8 Å². The van der Waals surface area contributed by atoms with E-state index in [1.165, 1.54) is 12.1 Å². The van der Waals surface area contributed by atoms with Crippen LogP contribution in [0.15, 0.2) is 30.3 Å². The highest BCUT2D eigenvalue weighted by Crippen LogP contribution is 2.31. The Balaban J connectivity index is 2.07. The summed E-state index contributed by atoms with van der Waals surface area (Å²) in [7, 11) is 0. The number of likely N-dealkylation sites (tertiary alicyclic amines) is 1. The van der Waals surface area contributed by atoms with E-state index >= 15 is 0 Å². The molecule has 2 nitrogen and oxygen atoms in total. The molecule has 0 radical (unpaired) electrons. The SMILES string of the molecule is OCC1CCCN1CC(F)(F)c1ccccc1. The van der Waals surface area contributed by atoms with Crippen molar-refractivity contribution >= 4 is 0 Å². The van der Waals surface area contributed by atoms with Crippen molar-refractivity contribution in [1.82, 2.24) is 4.90 Å². The smallest absolute Gasteiger partial charge is 0.285 e. The van der Waals surface area contributed by atoms with Gasteiger partial charge in [0, 0.05) is 11.6 Å². The molecule has 1 aliphatic heterocycles. The number of aliphatic hydroxyl groups excluding tert-OH is 1. The maximum Gasteiger partial charge on any atom is 0.285 e. The largest absolute Gasteiger partial charge is 0.395 e. The van der Waals surface area contributed by atoms with Crippen molar-refractivity contribution in [3.05, 3.63) is 35.9 Å². The van der Waals surface area contributed by atoms with Gasteiger partial charge in [-0.05, 0) is 19.4 Å². The van der Waals surface area contributed by atoms with Crippen molar-refractivity contribution in [3.8, 4) is 0 Å². The van der Waals surface area contributed by atoms with Gasteiger partial charge in [-0.2, -0.15) is 8.78 Å². The van der Waals surface area contributed by atoms with Gasteiger partial charge in [-0.25, -0.2) is 0 Å². The summed E-state index contributed by atoms with van der Waals surface area (Å²) in [5.74, 6) is -2.85. The number of benzene rings is 1. The lowest BCUT2D eigenvalue weighted by Crippen LogP contribution is -2.40. The third-order valence-electron chi connectivity index (χ3n) is 3.31. The third kappa shape index (κ3) is 2.82. The first kappa shape index (κ1) is 12.5. The maximum absolute atomic E-state index is 14.0. The molecule has 4 heteroatoms. The van der Waals surface area contributed by atoms with Crippen molar-refractivity contribution in [1.29, 1.82) is 0 Å². The Hall–Kier alpha value is -1.00. The van der Waals surface area contributed by atoms with Crippen molar-refractivity contribution in [2.45, 2.75) is 24.8 Å². The summed E-state index contributed by atoms with van der Waals surface area (Å²) < 4.78 is 28.0. The van der Waals surface area contributed by atoms with Gasteiger partial charge in [0.15, 0.2) is 0 Å². The van der Waals surface area contributed by atoms with E-state index in [0.29, 0.717) is 6.54 Å². The molecule has 0 aromatic heterocycles. The van der Waals surface area contributed by atoms with Crippen LogP contribution in [-0.2, 0) is 5.92 Å². The Morgan fingerprint density at radius 2 is 2.00 bits per heavy atom. The van der Waals surface area contributed by atoms with Gasteiger partial charge in [-0.15, -0.1) is 0 Å². The van der Waals surface area contributed by atoms with E-state index in [2.05, 4.69) is 0 Å². The number of hydrogen-bond acceptors (Lipinski definition) is 2. The molecule has 1 N–H and O–H groups in total. The summed E-state index contributed by atoms with van der Waals surface area (Å²) in [5, 5.41) is 9.12. The van der Waals surface area contributed by atoms with Crippen LogP contribution < -0.4 is 0 Å². The molecule has 0 amide bonds. The van der Waals surface area contributed by atoms with Gasteiger partial charge in [0.05, 0.1) is 13.2 Å². The first-order valence-electron chi connectivity index (χ1n) is 5.92. The zero-order valence-electron chi connectivity index (χ0n) is 9.65. The monoisotopic (exact) mass is 241 g/mol. The summed E-state index contributed by atoms with van der Waals surface area (Å²) in [6.07, 6.45) is 1.69. The fraction of sp³-hybridized carbons (Fsp3) is 0.538. The molecule has 1 aliphatic rings. The van der Waals surface area contributed by atoms with Gasteiger partial charge >= 0.3 is 0 Å². The second kappa shape index (κ2) is 5.10. The minimum atomic E-state index is -2.85. The van der Waals surface area contributed by atoms with Gasteiger partial charge in [0.1, 0.15) is 0 Å². The highest BCUT2D eigenvalue weighted by atomic mass is 19.3. The van der Waals surface area contributed by atoms with E-state index in [4.69, 9.17) is 5.11 Å². The molecule has 1 saturated heterocycles. The first-order chi connectivity index (χ1) is 8.13. The van der Waals surface area contributed by atoms with Crippen molar-refractivity contribution < 1.29 is 13.9 Å². The Bertz CT molecular complexity index is 356. The Morgan fingerprint density at radius 3 is 2.65 bits per heavy atom. The fourth-order valence-corrected chi connectivity index (χ4v) is 2.34. The molecule has 1 aromatic carbocycles. The summed E-state index contributed by atoms with van der Waals surface area (Å²) in [6, 6.07) is 7.76. The summed E-state index contributed by atoms with van der Waals surface area (Å²) in [4.78, 5) is 1.69. The van der Waals surface area contributed by atoms with Crippen LogP contribution in [0.2, 0.25) is 0 Å². The second-order valence-electron chi connectivity index (χ2n) is 4.52. The van der Waals surface area contributed by atoms with Gasteiger partial charge in [-0.1, -0.05) is 30.3 Å². The number of hydrogen-bond donors (Lipinski definition) is 1. The molecule has 1 aromatic rings. The zero-order chi connectivity index (χ0) is 12.3. The quantitative estimate of drug-likeness (QED) is 0.873. The number of rotatable bonds is 4. The molecule has 0 spiro atoms. The molecule has 2 rings (SSSR count). The zero-order valence-corrected chi connectivity index (χ0v) is 9.65. The summed E-state index contributed by atoms with van der Waals surface area (Å²) in [5.41, 5.74) is 0.0450. The molecule has 1 atom stereocenters. The van der Waals surface area contributed by atoms with Crippen LogP contribution in [0.3, 0.4) is 0 Å². The predicted octanol–water partition coefficient (Wildman–Crippen LogP) is 2.24. The normalized spacial score (nSPS) is 21.9. The standard InChI is InChI=1S/C13H17F2NO/c14-13(15,11-5-2-1-3-6-11)10-16-8-4-7-12(16)9-17/h1-3,5-6,12,17H,4,7-10H2. The van der Waals surface area contributed by atoms with Crippen LogP contribution in [-0.4, -0.2) is 35.7 Å². The number of nitrogens with zero attached hydrogens (tertiary/aromatic N) is 1. The van der Waals surface area contributed by atoms with Crippen LogP contribution in [0.4, 0.5) is 8.78 Å². The Morgan fingerprint density at radius 1 is 1.29 bits per heavy atom. The lowest BCUT2D eigenvalue weighted by atomic mass is 10.1. The van der Waals surface area contributed by atoms with Gasteiger partial charge in [0.2, 0.25) is 0 Å². The molecule has 17 heavy (non-hydrogen) atoms. The molecular formula is C13H17F2NO. The van der Waals surface area contributed by atoms with E-state index in [1.807, 2.05) is 0 Å². The van der Waals surface area contributed by atoms with Crippen molar-refractivity contribution in [2.24, 2.45) is 0 Å². The van der Waals surface area contributed by atoms with Crippen LogP contribution in [0.25, 0.3) is 0 Å². The molecule has 1 fully saturated rings. The third-order valence-corrected chi connectivity index (χ3v) is 3.31. The Kier molecular flexibility index (Phi) is 3.74. The Labute approximate surface area is 99.9 Å². The first-order valence-corrected chi connectivity index (χ1v) is 5.92. The predicted molar refractivity (Wildman–Crippen MR) is 62.0 cm³/mol. The van der Waals surface area contributed by atoms with Gasteiger partial charge in [0.25, 0.3) is 5.92 Å². The number of alkyl halides is 2. The lowest BCUT2D eigenvalue weighted by Gasteiger charge is -2.27. The highest BCUT2D eigenvalue weighted by molar-refractivity contribution is 5.20. The summed E-state index contributed by atoms with van der Waals surface area (Å²) >= 11 is 0. The lowest BCUT2D eigenvalue weighted by molar-refractivity contribution is -0.0448. The minimum Gasteiger partial charge on any atom is -0.395 e. The summed E-state index contributed by atoms with van der Waals surface area (Å²) in [6.45, 7) is 0.306. The molecule has 0 saturated carbocycles. The van der Waals surface area contributed by atoms with E-state index in [9.17, 15) is 8.78 Å². The fourth-order valence-electron chi connectivity index (χ4n) is 2.34. The molecule has 1 unspecified atom stereocenters. The average Bonchev–Trinajstić information content (AvgIpc) is 2.77. The van der Waals surface area contributed by atoms with Crippen LogP contribution in [0.5, 0.6) is 0 Å². The maximum atomic E-state index is 14.0. The average molecular weight is 241 g/mol. The van der Waals surface area contributed by atoms with E-state index in [0.717, 1.165) is 12.8 Å². The molecule has 0 bridgehead atoms. The van der Waals surface area contributed by atoms with Crippen LogP contribution in [0, 0.1) is 0 Å².